The number of benzene rings is 1. The van der Waals surface area contributed by atoms with Gasteiger partial charge in [0, 0.05) is 6.54 Å². The average Bonchev–Trinajstić information content (AvgIpc) is 2.97. The van der Waals surface area contributed by atoms with Crippen molar-refractivity contribution in [2.24, 2.45) is 0 Å². The summed E-state index contributed by atoms with van der Waals surface area (Å²) in [6.07, 6.45) is -5.91. The first-order chi connectivity index (χ1) is 10.2. The van der Waals surface area contributed by atoms with Crippen LogP contribution in [0.25, 0.3) is 11.1 Å². The van der Waals surface area contributed by atoms with Crippen molar-refractivity contribution in [3.05, 3.63) is 46.7 Å². The lowest BCUT2D eigenvalue weighted by atomic mass is 10.0. The number of thiophene rings is 1. The molecule has 1 amide bonds. The largest absolute Gasteiger partial charge is 0.463 e. The van der Waals surface area contributed by atoms with Gasteiger partial charge in [-0.15, -0.1) is 0 Å². The predicted molar refractivity (Wildman–Crippen MR) is 72.6 cm³/mol. The Kier molecular flexibility index (Phi) is 4.50. The Labute approximate surface area is 126 Å². The van der Waals surface area contributed by atoms with Gasteiger partial charge in [0.1, 0.15) is 0 Å². The highest BCUT2D eigenvalue weighted by atomic mass is 32.1. The van der Waals surface area contributed by atoms with Crippen LogP contribution in [-0.2, 0) is 11.3 Å². The van der Waals surface area contributed by atoms with Gasteiger partial charge in [0.05, 0.1) is 0 Å². The van der Waals surface area contributed by atoms with Gasteiger partial charge in [-0.3, -0.25) is 4.79 Å². The van der Waals surface area contributed by atoms with Crippen LogP contribution >= 0.6 is 11.3 Å². The third-order valence-corrected chi connectivity index (χ3v) is 3.61. The maximum Gasteiger partial charge on any atom is 0.463 e. The lowest BCUT2D eigenvalue weighted by molar-refractivity contribution is -0.269. The molecule has 2 rings (SSSR count). The monoisotopic (exact) mass is 335 g/mol. The Bertz CT molecular complexity index is 652. The molecule has 0 aliphatic rings. The van der Waals surface area contributed by atoms with Crippen LogP contribution in [-0.4, -0.2) is 18.0 Å². The van der Waals surface area contributed by atoms with Crippen LogP contribution in [0.5, 0.6) is 0 Å². The lowest BCUT2D eigenvalue weighted by Crippen LogP contribution is -2.50. The molecule has 0 atom stereocenters. The van der Waals surface area contributed by atoms with Crippen LogP contribution in [0.15, 0.2) is 41.1 Å². The van der Waals surface area contributed by atoms with Crippen LogP contribution < -0.4 is 5.32 Å². The molecule has 0 fully saturated rings. The molecule has 2 nitrogen and oxygen atoms in total. The van der Waals surface area contributed by atoms with Crippen molar-refractivity contribution < 1.29 is 26.7 Å². The van der Waals surface area contributed by atoms with E-state index in [4.69, 9.17) is 0 Å². The highest BCUT2D eigenvalue weighted by molar-refractivity contribution is 7.08. The molecule has 118 valence electrons. The van der Waals surface area contributed by atoms with E-state index >= 15 is 0 Å². The zero-order valence-electron chi connectivity index (χ0n) is 11.0. The molecule has 1 heterocycles. The number of amides is 1. The molecule has 8 heteroatoms. The molecule has 22 heavy (non-hydrogen) atoms. The third kappa shape index (κ3) is 3.27. The van der Waals surface area contributed by atoms with Crippen molar-refractivity contribution in [3.63, 3.8) is 0 Å². The molecule has 2 aromatic rings. The maximum atomic E-state index is 12.9. The van der Waals surface area contributed by atoms with Gasteiger partial charge in [-0.2, -0.15) is 33.3 Å². The number of hydrogen-bond donors (Lipinski definition) is 1. The molecular weight excluding hydrogens is 325 g/mol. The summed E-state index contributed by atoms with van der Waals surface area (Å²) >= 11 is 1.42. The van der Waals surface area contributed by atoms with E-state index in [0.29, 0.717) is 11.1 Å². The second-order valence-corrected chi connectivity index (χ2v) is 5.20. The first kappa shape index (κ1) is 16.4. The summed E-state index contributed by atoms with van der Waals surface area (Å²) in [4.78, 5) is 11.1. The van der Waals surface area contributed by atoms with Crippen molar-refractivity contribution in [2.45, 2.75) is 18.6 Å². The minimum Gasteiger partial charge on any atom is -0.346 e. The topological polar surface area (TPSA) is 29.1 Å². The number of hydrogen-bond acceptors (Lipinski definition) is 2. The normalized spacial score (nSPS) is 12.2. The molecule has 0 unspecified atom stereocenters. The van der Waals surface area contributed by atoms with Gasteiger partial charge in [0.25, 0.3) is 0 Å². The number of rotatable bonds is 4. The molecule has 0 saturated carbocycles. The molecule has 0 radical (unpaired) electrons. The Morgan fingerprint density at radius 3 is 2.36 bits per heavy atom. The number of carbonyl (C=O) groups is 1. The Morgan fingerprint density at radius 1 is 1.09 bits per heavy atom. The SMILES string of the molecule is O=C(NCc1ccccc1-c1ccsc1)C(F)(F)C(F)(F)F. The average molecular weight is 335 g/mol. The summed E-state index contributed by atoms with van der Waals surface area (Å²) in [7, 11) is 0. The molecule has 0 aliphatic heterocycles. The van der Waals surface area contributed by atoms with Crippen molar-refractivity contribution in [3.8, 4) is 11.1 Å². The van der Waals surface area contributed by atoms with Crippen LogP contribution in [0.4, 0.5) is 22.0 Å². The summed E-state index contributed by atoms with van der Waals surface area (Å²) in [5.41, 5.74) is 1.92. The first-order valence-electron chi connectivity index (χ1n) is 6.07. The van der Waals surface area contributed by atoms with Gasteiger partial charge < -0.3 is 5.32 Å². The smallest absolute Gasteiger partial charge is 0.346 e. The van der Waals surface area contributed by atoms with Crippen molar-refractivity contribution >= 4 is 17.2 Å². The minimum absolute atomic E-state index is 0.420. The summed E-state index contributed by atoms with van der Waals surface area (Å²) in [6.45, 7) is -0.420. The van der Waals surface area contributed by atoms with Gasteiger partial charge in [-0.1, -0.05) is 24.3 Å². The van der Waals surface area contributed by atoms with Crippen molar-refractivity contribution in [1.82, 2.24) is 5.32 Å². The zero-order chi connectivity index (χ0) is 16.4. The van der Waals surface area contributed by atoms with Crippen molar-refractivity contribution in [1.29, 1.82) is 0 Å². The predicted octanol–water partition coefficient (Wildman–Crippen LogP) is 4.23. The number of nitrogens with one attached hydrogen (secondary N) is 1. The van der Waals surface area contributed by atoms with E-state index in [1.54, 1.807) is 35.6 Å². The number of carbonyl (C=O) groups excluding carboxylic acids is 1. The number of halogens is 5. The standard InChI is InChI=1S/C14H10F5NOS/c15-13(16,14(17,18)19)12(21)20-7-9-3-1-2-4-11(9)10-5-6-22-8-10/h1-6,8H,7H2,(H,20,21). The highest BCUT2D eigenvalue weighted by Gasteiger charge is 2.63. The van der Waals surface area contributed by atoms with E-state index in [1.165, 1.54) is 11.3 Å². The second-order valence-electron chi connectivity index (χ2n) is 4.42. The van der Waals surface area contributed by atoms with E-state index in [9.17, 15) is 26.7 Å². The fourth-order valence-electron chi connectivity index (χ4n) is 1.79. The fraction of sp³-hybridized carbons (Fsp3) is 0.214. The van der Waals surface area contributed by atoms with E-state index in [1.807, 2.05) is 10.8 Å². The summed E-state index contributed by atoms with van der Waals surface area (Å²) in [5.74, 6) is -7.77. The van der Waals surface area contributed by atoms with Crippen LogP contribution in [0.2, 0.25) is 0 Å². The molecule has 0 spiro atoms. The Morgan fingerprint density at radius 2 is 1.77 bits per heavy atom. The van der Waals surface area contributed by atoms with E-state index < -0.39 is 24.6 Å². The number of alkyl halides is 5. The Balaban J connectivity index is 2.15. The molecule has 0 saturated heterocycles. The minimum atomic E-state index is -5.91. The fourth-order valence-corrected chi connectivity index (χ4v) is 2.44. The molecule has 0 aliphatic carbocycles. The van der Waals surface area contributed by atoms with Gasteiger partial charge in [0.2, 0.25) is 0 Å². The molecule has 1 aromatic carbocycles. The van der Waals surface area contributed by atoms with Gasteiger partial charge in [-0.25, -0.2) is 0 Å². The van der Waals surface area contributed by atoms with Gasteiger partial charge >= 0.3 is 18.0 Å². The third-order valence-electron chi connectivity index (χ3n) is 2.93. The highest BCUT2D eigenvalue weighted by Crippen LogP contribution is 2.35. The second kappa shape index (κ2) is 6.04. The van der Waals surface area contributed by atoms with Crippen molar-refractivity contribution in [2.75, 3.05) is 0 Å². The Hall–Kier alpha value is -1.96. The van der Waals surface area contributed by atoms with E-state index in [-0.39, 0.29) is 0 Å². The summed E-state index contributed by atoms with van der Waals surface area (Å²) in [6, 6.07) is 8.36. The summed E-state index contributed by atoms with van der Waals surface area (Å²) in [5, 5.41) is 5.26. The van der Waals surface area contributed by atoms with E-state index in [0.717, 1.165) is 5.56 Å². The van der Waals surface area contributed by atoms with E-state index in [2.05, 4.69) is 0 Å². The quantitative estimate of drug-likeness (QED) is 0.833. The zero-order valence-corrected chi connectivity index (χ0v) is 11.8. The van der Waals surface area contributed by atoms with Gasteiger partial charge in [0.15, 0.2) is 0 Å². The molecule has 1 aromatic heterocycles. The van der Waals surface area contributed by atoms with Crippen LogP contribution in [0.3, 0.4) is 0 Å². The maximum absolute atomic E-state index is 12.9. The van der Waals surface area contributed by atoms with Gasteiger partial charge in [-0.05, 0) is 33.5 Å². The first-order valence-corrected chi connectivity index (χ1v) is 7.01. The molecular formula is C14H10F5NOS. The molecule has 0 bridgehead atoms. The van der Waals surface area contributed by atoms with Crippen LogP contribution in [0.1, 0.15) is 5.56 Å². The lowest BCUT2D eigenvalue weighted by Gasteiger charge is -2.19. The summed E-state index contributed by atoms with van der Waals surface area (Å²) < 4.78 is 62.0. The molecule has 1 N–H and O–H groups in total. The van der Waals surface area contributed by atoms with Crippen LogP contribution in [0, 0.1) is 0 Å².